The number of amides is 1. The highest BCUT2D eigenvalue weighted by Gasteiger charge is 2.32. The van der Waals surface area contributed by atoms with Crippen LogP contribution in [0.25, 0.3) is 0 Å². The predicted octanol–water partition coefficient (Wildman–Crippen LogP) is 1.35. The summed E-state index contributed by atoms with van der Waals surface area (Å²) >= 11 is 0. The third kappa shape index (κ3) is 2.97. The van der Waals surface area contributed by atoms with E-state index in [4.69, 9.17) is 4.74 Å². The van der Waals surface area contributed by atoms with E-state index in [9.17, 15) is 14.4 Å². The number of fused-ring (bicyclic) bond motifs is 1. The number of benzene rings is 1. The molecule has 2 aromatic rings. The van der Waals surface area contributed by atoms with Gasteiger partial charge in [0.05, 0.1) is 11.7 Å². The van der Waals surface area contributed by atoms with Crippen LogP contribution in [0.4, 0.5) is 5.82 Å². The van der Waals surface area contributed by atoms with Gasteiger partial charge in [0.15, 0.2) is 0 Å². The Labute approximate surface area is 144 Å². The van der Waals surface area contributed by atoms with Gasteiger partial charge >= 0.3 is 5.69 Å². The van der Waals surface area contributed by atoms with Crippen molar-refractivity contribution in [3.8, 4) is 5.75 Å². The maximum absolute atomic E-state index is 12.7. The van der Waals surface area contributed by atoms with Gasteiger partial charge in [-0.2, -0.15) is 0 Å². The van der Waals surface area contributed by atoms with Gasteiger partial charge in [0.2, 0.25) is 5.91 Å². The molecule has 1 atom stereocenters. The molecule has 1 aromatic carbocycles. The minimum Gasteiger partial charge on any atom is -0.491 e. The number of rotatable bonds is 3. The van der Waals surface area contributed by atoms with E-state index in [2.05, 4.69) is 5.32 Å². The molecule has 0 unspecified atom stereocenters. The summed E-state index contributed by atoms with van der Waals surface area (Å²) in [6.45, 7) is 3.89. The molecule has 0 radical (unpaired) electrons. The number of hydrogen-bond donors (Lipinski definition) is 1. The van der Waals surface area contributed by atoms with Crippen molar-refractivity contribution in [2.45, 2.75) is 32.3 Å². The van der Waals surface area contributed by atoms with Crippen molar-refractivity contribution >= 4 is 11.7 Å². The summed E-state index contributed by atoms with van der Waals surface area (Å²) in [7, 11) is 2.99. The smallest absolute Gasteiger partial charge is 0.332 e. The molecule has 0 aliphatic carbocycles. The van der Waals surface area contributed by atoms with Crippen LogP contribution in [-0.4, -0.2) is 21.1 Å². The van der Waals surface area contributed by atoms with Crippen LogP contribution in [0.15, 0.2) is 33.9 Å². The zero-order valence-corrected chi connectivity index (χ0v) is 14.7. The molecule has 0 spiro atoms. The first-order valence-corrected chi connectivity index (χ1v) is 8.16. The third-order valence-corrected chi connectivity index (χ3v) is 4.35. The van der Waals surface area contributed by atoms with Gasteiger partial charge in [-0.3, -0.25) is 18.7 Å². The van der Waals surface area contributed by atoms with Crippen molar-refractivity contribution in [2.75, 3.05) is 5.32 Å². The minimum absolute atomic E-state index is 0.0638. The molecule has 25 heavy (non-hydrogen) atoms. The van der Waals surface area contributed by atoms with Gasteiger partial charge in [0.25, 0.3) is 5.56 Å². The predicted molar refractivity (Wildman–Crippen MR) is 94.2 cm³/mol. The van der Waals surface area contributed by atoms with E-state index in [0.717, 1.165) is 15.9 Å². The molecule has 0 bridgehead atoms. The van der Waals surface area contributed by atoms with Crippen LogP contribution < -0.4 is 21.3 Å². The molecule has 1 aliphatic heterocycles. The van der Waals surface area contributed by atoms with E-state index in [-0.39, 0.29) is 29.8 Å². The van der Waals surface area contributed by atoms with Crippen LogP contribution in [0, 0.1) is 0 Å². The Morgan fingerprint density at radius 1 is 1.08 bits per heavy atom. The molecule has 0 saturated carbocycles. The number of ether oxygens (including phenoxy) is 1. The highest BCUT2D eigenvalue weighted by atomic mass is 16.5. The lowest BCUT2D eigenvalue weighted by atomic mass is 9.86. The first kappa shape index (κ1) is 17.0. The first-order valence-electron chi connectivity index (χ1n) is 8.16. The third-order valence-electron chi connectivity index (χ3n) is 4.35. The van der Waals surface area contributed by atoms with E-state index in [1.54, 1.807) is 7.05 Å². The lowest BCUT2D eigenvalue weighted by Crippen LogP contribution is -2.44. The number of aromatic nitrogens is 2. The number of hydrogen-bond acceptors (Lipinski definition) is 4. The van der Waals surface area contributed by atoms with Gasteiger partial charge in [-0.1, -0.05) is 12.1 Å². The van der Waals surface area contributed by atoms with Crippen LogP contribution in [0.5, 0.6) is 5.75 Å². The molecule has 1 amide bonds. The fraction of sp³-hybridized carbons (Fsp3) is 0.389. The number of nitrogens with zero attached hydrogens (tertiary/aromatic N) is 2. The molecule has 1 aromatic heterocycles. The monoisotopic (exact) mass is 343 g/mol. The Balaban J connectivity index is 2.12. The largest absolute Gasteiger partial charge is 0.491 e. The Hall–Kier alpha value is -2.83. The van der Waals surface area contributed by atoms with E-state index in [1.165, 1.54) is 11.6 Å². The van der Waals surface area contributed by atoms with Crippen LogP contribution in [0.2, 0.25) is 0 Å². The summed E-state index contributed by atoms with van der Waals surface area (Å²) in [4.78, 5) is 36.9. The number of carbonyl (C=O) groups excluding carboxylic acids is 1. The van der Waals surface area contributed by atoms with Gasteiger partial charge in [-0.25, -0.2) is 4.79 Å². The topological polar surface area (TPSA) is 82.3 Å². The van der Waals surface area contributed by atoms with E-state index < -0.39 is 11.6 Å². The van der Waals surface area contributed by atoms with Gasteiger partial charge in [0.1, 0.15) is 11.6 Å². The fourth-order valence-electron chi connectivity index (χ4n) is 3.14. The highest BCUT2D eigenvalue weighted by molar-refractivity contribution is 5.94. The molecule has 1 aliphatic rings. The standard InChI is InChI=1S/C18H21N3O4/c1-10(2)25-12-7-5-11(6-8-12)13-9-14(22)19-16-15(13)17(23)21(4)18(24)20(16)3/h5-8,10,13H,9H2,1-4H3,(H,19,22)/t13-/m0/s1. The average molecular weight is 343 g/mol. The number of carbonyl (C=O) groups is 1. The number of anilines is 1. The summed E-state index contributed by atoms with van der Waals surface area (Å²) in [5.74, 6) is 0.384. The van der Waals surface area contributed by atoms with Crippen molar-refractivity contribution in [3.05, 3.63) is 56.2 Å². The molecule has 7 heteroatoms. The SMILES string of the molecule is CC(C)Oc1ccc([C@@H]2CC(=O)Nc3c2c(=O)n(C)c(=O)n3C)cc1. The summed E-state index contributed by atoms with van der Waals surface area (Å²) in [5.41, 5.74) is 0.417. The lowest BCUT2D eigenvalue weighted by Gasteiger charge is -2.27. The molecule has 0 fully saturated rings. The molecular formula is C18H21N3O4. The second-order valence-corrected chi connectivity index (χ2v) is 6.51. The normalized spacial score (nSPS) is 16.5. The van der Waals surface area contributed by atoms with E-state index >= 15 is 0 Å². The Morgan fingerprint density at radius 2 is 1.72 bits per heavy atom. The summed E-state index contributed by atoms with van der Waals surface area (Å²) in [6.07, 6.45) is 0.221. The molecule has 2 heterocycles. The molecule has 3 rings (SSSR count). The van der Waals surface area contributed by atoms with E-state index in [1.807, 2.05) is 38.1 Å². The van der Waals surface area contributed by atoms with Gasteiger partial charge in [-0.15, -0.1) is 0 Å². The second kappa shape index (κ2) is 6.23. The second-order valence-electron chi connectivity index (χ2n) is 6.51. The van der Waals surface area contributed by atoms with Crippen molar-refractivity contribution in [3.63, 3.8) is 0 Å². The first-order chi connectivity index (χ1) is 11.8. The summed E-state index contributed by atoms with van der Waals surface area (Å²) in [5, 5.41) is 2.66. The maximum atomic E-state index is 12.7. The molecule has 1 N–H and O–H groups in total. The van der Waals surface area contributed by atoms with Crippen LogP contribution in [-0.2, 0) is 18.9 Å². The highest BCUT2D eigenvalue weighted by Crippen LogP contribution is 2.34. The number of nitrogens with one attached hydrogen (secondary N) is 1. The quantitative estimate of drug-likeness (QED) is 0.912. The van der Waals surface area contributed by atoms with Crippen LogP contribution in [0.3, 0.4) is 0 Å². The molecule has 7 nitrogen and oxygen atoms in total. The van der Waals surface area contributed by atoms with Crippen molar-refractivity contribution in [1.82, 2.24) is 9.13 Å². The maximum Gasteiger partial charge on any atom is 0.332 e. The average Bonchev–Trinajstić information content (AvgIpc) is 2.57. The Bertz CT molecular complexity index is 939. The Kier molecular flexibility index (Phi) is 4.24. The van der Waals surface area contributed by atoms with Gasteiger partial charge in [-0.05, 0) is 31.5 Å². The summed E-state index contributed by atoms with van der Waals surface area (Å²) < 4.78 is 8.01. The lowest BCUT2D eigenvalue weighted by molar-refractivity contribution is -0.116. The van der Waals surface area contributed by atoms with Gasteiger partial charge in [0, 0.05) is 26.4 Å². The molecular weight excluding hydrogens is 322 g/mol. The molecule has 132 valence electrons. The summed E-state index contributed by atoms with van der Waals surface area (Å²) in [6, 6.07) is 7.37. The van der Waals surface area contributed by atoms with Gasteiger partial charge < -0.3 is 10.1 Å². The zero-order valence-electron chi connectivity index (χ0n) is 14.7. The minimum atomic E-state index is -0.467. The van der Waals surface area contributed by atoms with Crippen molar-refractivity contribution in [1.29, 1.82) is 0 Å². The zero-order chi connectivity index (χ0) is 18.3. The van der Waals surface area contributed by atoms with E-state index in [0.29, 0.717) is 5.56 Å². The van der Waals surface area contributed by atoms with Crippen LogP contribution >= 0.6 is 0 Å². The fourth-order valence-corrected chi connectivity index (χ4v) is 3.14. The molecule has 0 saturated heterocycles. The van der Waals surface area contributed by atoms with Crippen molar-refractivity contribution in [2.24, 2.45) is 14.1 Å². The van der Waals surface area contributed by atoms with Crippen molar-refractivity contribution < 1.29 is 9.53 Å². The van der Waals surface area contributed by atoms with Crippen LogP contribution in [0.1, 0.15) is 37.3 Å². The Morgan fingerprint density at radius 3 is 2.32 bits per heavy atom.